The lowest BCUT2D eigenvalue weighted by Crippen LogP contribution is -1.86. The number of nitro groups is 1. The number of aromatic amines is 2. The third-order valence-electron chi connectivity index (χ3n) is 4.50. The molecular formula is C21H17N9O2S2. The van der Waals surface area contributed by atoms with Crippen LogP contribution in [0.1, 0.15) is 0 Å². The van der Waals surface area contributed by atoms with Gasteiger partial charge in [-0.2, -0.15) is 4.09 Å². The van der Waals surface area contributed by atoms with Gasteiger partial charge in [0, 0.05) is 17.7 Å². The number of nitro benzene ring substituents is 1. The molecule has 0 spiro atoms. The molecule has 3 heterocycles. The Balaban J connectivity index is 0.000000123. The minimum Gasteiger partial charge on any atom is -0.333 e. The van der Waals surface area contributed by atoms with Gasteiger partial charge in [-0.1, -0.05) is 52.9 Å². The molecule has 11 nitrogen and oxygen atoms in total. The third-order valence-corrected chi connectivity index (χ3v) is 5.00. The van der Waals surface area contributed by atoms with Gasteiger partial charge in [0.05, 0.1) is 27.7 Å². The number of nitrogens with zero attached hydrogens (tertiary/aromatic N) is 7. The Kier molecular flexibility index (Phi) is 7.15. The fourth-order valence-electron chi connectivity index (χ4n) is 2.91. The van der Waals surface area contributed by atoms with Crippen LogP contribution >= 0.6 is 25.4 Å². The summed E-state index contributed by atoms with van der Waals surface area (Å²) < 4.78 is 1.45. The number of non-ortho nitro benzene ring substituents is 1. The number of imidazole rings is 1. The predicted molar refractivity (Wildman–Crippen MR) is 134 cm³/mol. The summed E-state index contributed by atoms with van der Waals surface area (Å²) in [6.45, 7) is 0. The van der Waals surface area contributed by atoms with Crippen LogP contribution in [0.4, 0.5) is 5.69 Å². The summed E-state index contributed by atoms with van der Waals surface area (Å²) in [6.07, 6.45) is 1.68. The lowest BCUT2D eigenvalue weighted by Gasteiger charge is -1.97. The molecular weight excluding hydrogens is 474 g/mol. The zero-order valence-electron chi connectivity index (χ0n) is 17.3. The Morgan fingerprint density at radius 2 is 1.71 bits per heavy atom. The molecule has 0 bridgehead atoms. The highest BCUT2D eigenvalue weighted by atomic mass is 32.1. The Morgan fingerprint density at radius 3 is 2.41 bits per heavy atom. The van der Waals surface area contributed by atoms with Gasteiger partial charge < -0.3 is 4.98 Å². The van der Waals surface area contributed by atoms with Gasteiger partial charge in [0.15, 0.2) is 5.16 Å². The number of rotatable bonds is 2. The average Bonchev–Trinajstić information content (AvgIpc) is 3.58. The van der Waals surface area contributed by atoms with Crippen LogP contribution in [0.5, 0.6) is 0 Å². The van der Waals surface area contributed by atoms with Crippen molar-refractivity contribution in [2.75, 3.05) is 0 Å². The maximum atomic E-state index is 10.4. The van der Waals surface area contributed by atoms with Crippen molar-refractivity contribution in [3.05, 3.63) is 89.1 Å². The highest BCUT2D eigenvalue weighted by Crippen LogP contribution is 2.19. The van der Waals surface area contributed by atoms with E-state index in [1.165, 1.54) is 16.2 Å². The lowest BCUT2D eigenvalue weighted by atomic mass is 10.2. The molecule has 3 aromatic heterocycles. The first-order valence-corrected chi connectivity index (χ1v) is 10.6. The van der Waals surface area contributed by atoms with E-state index in [4.69, 9.17) is 0 Å². The summed E-state index contributed by atoms with van der Waals surface area (Å²) in [6, 6.07) is 22.1. The molecule has 0 saturated carbocycles. The van der Waals surface area contributed by atoms with E-state index in [0.717, 1.165) is 22.3 Å². The number of nitrogens with one attached hydrogen (secondary N) is 2. The Morgan fingerprint density at radius 1 is 0.941 bits per heavy atom. The van der Waals surface area contributed by atoms with Gasteiger partial charge in [-0.15, -0.1) is 22.8 Å². The summed E-state index contributed by atoms with van der Waals surface area (Å²) in [7, 11) is 0. The summed E-state index contributed by atoms with van der Waals surface area (Å²) >= 11 is 8.10. The fraction of sp³-hybridized carbons (Fsp3) is 0. The molecule has 6 aromatic rings. The molecule has 0 radical (unpaired) electrons. The van der Waals surface area contributed by atoms with E-state index in [0.29, 0.717) is 16.2 Å². The second-order valence-corrected chi connectivity index (χ2v) is 7.53. The van der Waals surface area contributed by atoms with Crippen molar-refractivity contribution >= 4 is 53.2 Å². The summed E-state index contributed by atoms with van der Waals surface area (Å²) in [5, 5.41) is 28.5. The number of thiol groups is 2. The lowest BCUT2D eigenvalue weighted by molar-refractivity contribution is -0.384. The molecule has 0 fully saturated rings. The molecule has 2 N–H and O–H groups in total. The molecule has 0 aliphatic heterocycles. The van der Waals surface area contributed by atoms with Gasteiger partial charge in [-0.3, -0.25) is 15.2 Å². The number of fused-ring (bicyclic) bond motifs is 2. The smallest absolute Gasteiger partial charge is 0.271 e. The molecule has 0 atom stereocenters. The van der Waals surface area contributed by atoms with E-state index in [1.807, 2.05) is 54.6 Å². The van der Waals surface area contributed by atoms with Crippen molar-refractivity contribution in [2.45, 2.75) is 5.16 Å². The Hall–Kier alpha value is -4.23. The van der Waals surface area contributed by atoms with E-state index in [-0.39, 0.29) is 5.69 Å². The quantitative estimate of drug-likeness (QED) is 0.160. The molecule has 170 valence electrons. The van der Waals surface area contributed by atoms with Crippen LogP contribution in [-0.4, -0.2) is 44.7 Å². The summed E-state index contributed by atoms with van der Waals surface area (Å²) in [5.74, 6) is 0. The van der Waals surface area contributed by atoms with Crippen LogP contribution in [-0.2, 0) is 0 Å². The highest BCUT2D eigenvalue weighted by Gasteiger charge is 2.07. The number of aromatic nitrogens is 8. The van der Waals surface area contributed by atoms with Crippen molar-refractivity contribution in [2.24, 2.45) is 0 Å². The number of hydrogen-bond donors (Lipinski definition) is 4. The molecule has 0 unspecified atom stereocenters. The van der Waals surface area contributed by atoms with Crippen LogP contribution in [0.3, 0.4) is 0 Å². The van der Waals surface area contributed by atoms with E-state index in [1.54, 1.807) is 12.3 Å². The normalized spacial score (nSPS) is 10.3. The Labute approximate surface area is 203 Å². The van der Waals surface area contributed by atoms with Crippen molar-refractivity contribution in [1.29, 1.82) is 0 Å². The Bertz CT molecular complexity index is 1500. The maximum absolute atomic E-state index is 10.4. The van der Waals surface area contributed by atoms with Gasteiger partial charge in [0.1, 0.15) is 11.2 Å². The molecule has 0 amide bonds. The molecule has 6 rings (SSSR count). The van der Waals surface area contributed by atoms with Crippen LogP contribution < -0.4 is 0 Å². The zero-order chi connectivity index (χ0) is 23.9. The van der Waals surface area contributed by atoms with Gasteiger partial charge in [-0.05, 0) is 31.0 Å². The van der Waals surface area contributed by atoms with E-state index in [2.05, 4.69) is 61.1 Å². The van der Waals surface area contributed by atoms with Gasteiger partial charge in [0.25, 0.3) is 5.69 Å². The SMILES string of the molecule is O=[N+]([O-])c1ccc2nc(S)[nH]c2c1.Sn1nncc1-c1ccccc1.c1ccc2[nH]nnc2c1. The van der Waals surface area contributed by atoms with Crippen LogP contribution in [0, 0.1) is 10.1 Å². The van der Waals surface area contributed by atoms with Crippen molar-refractivity contribution < 1.29 is 4.92 Å². The zero-order valence-corrected chi connectivity index (χ0v) is 19.1. The average molecular weight is 492 g/mol. The summed E-state index contributed by atoms with van der Waals surface area (Å²) in [4.78, 5) is 16.8. The third kappa shape index (κ3) is 5.57. The summed E-state index contributed by atoms with van der Waals surface area (Å²) in [5.41, 5.74) is 5.21. The first-order chi connectivity index (χ1) is 16.5. The second kappa shape index (κ2) is 10.6. The molecule has 0 saturated heterocycles. The minimum atomic E-state index is -0.446. The minimum absolute atomic E-state index is 0.0458. The number of hydrogen-bond acceptors (Lipinski definition) is 9. The first-order valence-electron chi connectivity index (χ1n) is 9.75. The molecule has 0 aliphatic rings. The first kappa shape index (κ1) is 22.9. The topological polar surface area (TPSA) is 144 Å². The molecule has 3 aromatic carbocycles. The number of H-pyrrole nitrogens is 2. The van der Waals surface area contributed by atoms with Crippen LogP contribution in [0.15, 0.2) is 84.1 Å². The number of benzene rings is 3. The monoisotopic (exact) mass is 491 g/mol. The van der Waals surface area contributed by atoms with Crippen molar-refractivity contribution in [3.8, 4) is 11.3 Å². The van der Waals surface area contributed by atoms with E-state index in [9.17, 15) is 10.1 Å². The van der Waals surface area contributed by atoms with Gasteiger partial charge in [-0.25, -0.2) is 4.98 Å². The highest BCUT2D eigenvalue weighted by molar-refractivity contribution is 7.80. The molecule has 0 aliphatic carbocycles. The number of para-hydroxylation sites is 1. The van der Waals surface area contributed by atoms with E-state index >= 15 is 0 Å². The second-order valence-electron chi connectivity index (χ2n) is 6.72. The van der Waals surface area contributed by atoms with E-state index < -0.39 is 4.92 Å². The molecule has 13 heteroatoms. The fourth-order valence-corrected chi connectivity index (χ4v) is 3.36. The van der Waals surface area contributed by atoms with Crippen LogP contribution in [0.25, 0.3) is 33.3 Å². The van der Waals surface area contributed by atoms with Crippen molar-refractivity contribution in [3.63, 3.8) is 0 Å². The largest absolute Gasteiger partial charge is 0.333 e. The molecule has 34 heavy (non-hydrogen) atoms. The van der Waals surface area contributed by atoms with Gasteiger partial charge >= 0.3 is 0 Å². The van der Waals surface area contributed by atoms with Crippen LogP contribution in [0.2, 0.25) is 0 Å². The van der Waals surface area contributed by atoms with Gasteiger partial charge in [0.2, 0.25) is 0 Å². The standard InChI is InChI=1S/C8H7N3S.C7H5N3O2S.C6H5N3/c12-11-8(6-9-10-11)7-4-2-1-3-5-7;11-10(12)4-1-2-5-6(3-4)9-7(13)8-5;1-2-4-6-5(3-1)7-9-8-6/h1-6,12H;1-3H,(H2,8,9,13);1-4H,(H,7,8,9). The van der Waals surface area contributed by atoms with Crippen molar-refractivity contribution in [1.82, 2.24) is 39.8 Å². The maximum Gasteiger partial charge on any atom is 0.271 e. The predicted octanol–water partition coefficient (Wildman–Crippen LogP) is 4.36.